The number of benzene rings is 2. The Morgan fingerprint density at radius 1 is 1.08 bits per heavy atom. The number of rotatable bonds is 5. The van der Waals surface area contributed by atoms with Crippen LogP contribution in [0.1, 0.15) is 5.56 Å². The summed E-state index contributed by atoms with van der Waals surface area (Å²) in [4.78, 5) is 0. The summed E-state index contributed by atoms with van der Waals surface area (Å²) in [6.07, 6.45) is 1.69. The van der Waals surface area contributed by atoms with Gasteiger partial charge in [0.05, 0.1) is 20.4 Å². The number of H-pyrrole nitrogens is 1. The minimum absolute atomic E-state index is 0.422. The van der Waals surface area contributed by atoms with Gasteiger partial charge in [0, 0.05) is 5.56 Å². The zero-order valence-electron chi connectivity index (χ0n) is 13.3. The number of methoxy groups -OCH3 is 2. The highest BCUT2D eigenvalue weighted by Crippen LogP contribution is 2.27. The summed E-state index contributed by atoms with van der Waals surface area (Å²) in [6, 6.07) is 15.3. The molecular formula is C17H16N4O2S. The van der Waals surface area contributed by atoms with E-state index >= 15 is 0 Å². The van der Waals surface area contributed by atoms with Crippen LogP contribution in [0.2, 0.25) is 0 Å². The standard InChI is InChI=1S/C17H16N4O2S/c1-22-14-9-8-12(10-15(14)23-2)11-18-21-16(19-20-17(21)24)13-6-4-3-5-7-13/h3-11H,1-2H3,(H,20,24)/b18-11+. The second kappa shape index (κ2) is 7.10. The van der Waals surface area contributed by atoms with Gasteiger partial charge in [-0.2, -0.15) is 14.9 Å². The first-order valence-corrected chi connectivity index (χ1v) is 7.63. The number of nitrogens with zero attached hydrogens (tertiary/aromatic N) is 3. The number of ether oxygens (including phenoxy) is 2. The van der Waals surface area contributed by atoms with Crippen molar-refractivity contribution in [3.63, 3.8) is 0 Å². The van der Waals surface area contributed by atoms with Crippen molar-refractivity contribution in [3.8, 4) is 22.9 Å². The fourth-order valence-corrected chi connectivity index (χ4v) is 2.41. The molecule has 0 saturated heterocycles. The van der Waals surface area contributed by atoms with Gasteiger partial charge < -0.3 is 9.47 Å². The molecule has 0 amide bonds. The first-order valence-electron chi connectivity index (χ1n) is 7.22. The summed E-state index contributed by atoms with van der Waals surface area (Å²) in [5, 5.41) is 11.5. The zero-order valence-corrected chi connectivity index (χ0v) is 14.1. The van der Waals surface area contributed by atoms with Crippen molar-refractivity contribution >= 4 is 18.4 Å². The second-order valence-corrected chi connectivity index (χ2v) is 5.28. The van der Waals surface area contributed by atoms with Gasteiger partial charge in [-0.25, -0.2) is 5.10 Å². The lowest BCUT2D eigenvalue weighted by atomic mass is 10.2. The van der Waals surface area contributed by atoms with Gasteiger partial charge in [0.2, 0.25) is 4.77 Å². The van der Waals surface area contributed by atoms with Crippen LogP contribution in [0.5, 0.6) is 11.5 Å². The van der Waals surface area contributed by atoms with Gasteiger partial charge >= 0.3 is 0 Å². The molecule has 3 aromatic rings. The number of hydrogen-bond acceptors (Lipinski definition) is 5. The van der Waals surface area contributed by atoms with E-state index in [1.807, 2.05) is 48.5 Å². The Balaban J connectivity index is 1.96. The van der Waals surface area contributed by atoms with Gasteiger partial charge in [0.25, 0.3) is 0 Å². The highest BCUT2D eigenvalue weighted by atomic mass is 32.1. The molecule has 0 aliphatic carbocycles. The summed E-state index contributed by atoms with van der Waals surface area (Å²) < 4.78 is 12.5. The van der Waals surface area contributed by atoms with E-state index in [9.17, 15) is 0 Å². The normalized spacial score (nSPS) is 10.9. The third-order valence-electron chi connectivity index (χ3n) is 3.41. The van der Waals surface area contributed by atoms with Crippen molar-refractivity contribution in [1.82, 2.24) is 14.9 Å². The third-order valence-corrected chi connectivity index (χ3v) is 3.68. The van der Waals surface area contributed by atoms with E-state index in [1.54, 1.807) is 25.1 Å². The number of nitrogens with one attached hydrogen (secondary N) is 1. The molecule has 0 spiro atoms. The molecule has 24 heavy (non-hydrogen) atoms. The maximum atomic E-state index is 5.30. The molecule has 0 unspecified atom stereocenters. The van der Waals surface area contributed by atoms with Crippen molar-refractivity contribution in [1.29, 1.82) is 0 Å². The van der Waals surface area contributed by atoms with E-state index in [0.717, 1.165) is 11.1 Å². The largest absolute Gasteiger partial charge is 0.493 e. The van der Waals surface area contributed by atoms with Gasteiger partial charge in [0.1, 0.15) is 0 Å². The number of aromatic amines is 1. The molecule has 0 saturated carbocycles. The summed E-state index contributed by atoms with van der Waals surface area (Å²) in [6.45, 7) is 0. The summed E-state index contributed by atoms with van der Waals surface area (Å²) >= 11 is 5.26. The zero-order chi connectivity index (χ0) is 16.9. The van der Waals surface area contributed by atoms with Gasteiger partial charge in [-0.1, -0.05) is 30.3 Å². The maximum Gasteiger partial charge on any atom is 0.216 e. The molecule has 1 heterocycles. The van der Waals surface area contributed by atoms with Gasteiger partial charge in [-0.3, -0.25) is 0 Å². The molecule has 0 aliphatic rings. The highest BCUT2D eigenvalue weighted by molar-refractivity contribution is 7.71. The SMILES string of the molecule is COc1ccc(/C=N/n2c(-c3ccccc3)n[nH]c2=S)cc1OC. The van der Waals surface area contributed by atoms with E-state index in [0.29, 0.717) is 22.1 Å². The molecular weight excluding hydrogens is 324 g/mol. The number of hydrogen-bond donors (Lipinski definition) is 1. The molecule has 2 aromatic carbocycles. The van der Waals surface area contributed by atoms with Crippen LogP contribution < -0.4 is 9.47 Å². The molecule has 0 bridgehead atoms. The smallest absolute Gasteiger partial charge is 0.216 e. The predicted octanol–water partition coefficient (Wildman–Crippen LogP) is 3.51. The minimum Gasteiger partial charge on any atom is -0.493 e. The Morgan fingerprint density at radius 3 is 2.54 bits per heavy atom. The Hall–Kier alpha value is -2.93. The van der Waals surface area contributed by atoms with Crippen LogP contribution in [0.4, 0.5) is 0 Å². The summed E-state index contributed by atoms with van der Waals surface area (Å²) in [5.41, 5.74) is 1.78. The first kappa shape index (κ1) is 15.9. The molecule has 3 rings (SSSR count). The van der Waals surface area contributed by atoms with Crippen molar-refractivity contribution < 1.29 is 9.47 Å². The third kappa shape index (κ3) is 3.21. The lowest BCUT2D eigenvalue weighted by Crippen LogP contribution is -1.96. The first-order chi connectivity index (χ1) is 11.7. The number of aromatic nitrogens is 3. The topological polar surface area (TPSA) is 64.4 Å². The predicted molar refractivity (Wildman–Crippen MR) is 95.4 cm³/mol. The van der Waals surface area contributed by atoms with E-state index in [2.05, 4.69) is 15.3 Å². The van der Waals surface area contributed by atoms with Crippen LogP contribution in [0, 0.1) is 4.77 Å². The van der Waals surface area contributed by atoms with Crippen molar-refractivity contribution in [2.75, 3.05) is 14.2 Å². The van der Waals surface area contributed by atoms with E-state index in [1.165, 1.54) is 0 Å². The summed E-state index contributed by atoms with van der Waals surface area (Å²) in [7, 11) is 3.20. The highest BCUT2D eigenvalue weighted by Gasteiger charge is 2.07. The Bertz CT molecular complexity index is 916. The molecule has 122 valence electrons. The van der Waals surface area contributed by atoms with Crippen LogP contribution in [-0.2, 0) is 0 Å². The molecule has 0 aliphatic heterocycles. The Kier molecular flexibility index (Phi) is 4.72. The fourth-order valence-electron chi connectivity index (χ4n) is 2.23. The molecule has 6 nitrogen and oxygen atoms in total. The van der Waals surface area contributed by atoms with Crippen molar-refractivity contribution in [2.24, 2.45) is 5.10 Å². The lowest BCUT2D eigenvalue weighted by Gasteiger charge is -2.07. The quantitative estimate of drug-likeness (QED) is 0.570. The van der Waals surface area contributed by atoms with Gasteiger partial charge in [-0.15, -0.1) is 0 Å². The molecule has 0 radical (unpaired) electrons. The summed E-state index contributed by atoms with van der Waals surface area (Å²) in [5.74, 6) is 1.96. The van der Waals surface area contributed by atoms with Crippen LogP contribution in [0.3, 0.4) is 0 Å². The lowest BCUT2D eigenvalue weighted by molar-refractivity contribution is 0.355. The molecule has 0 atom stereocenters. The molecule has 1 N–H and O–H groups in total. The van der Waals surface area contributed by atoms with Crippen molar-refractivity contribution in [2.45, 2.75) is 0 Å². The molecule has 7 heteroatoms. The second-order valence-electron chi connectivity index (χ2n) is 4.89. The van der Waals surface area contributed by atoms with Crippen LogP contribution in [0.15, 0.2) is 53.6 Å². The van der Waals surface area contributed by atoms with E-state index in [-0.39, 0.29) is 0 Å². The Labute approximate surface area is 144 Å². The van der Waals surface area contributed by atoms with Crippen LogP contribution in [0.25, 0.3) is 11.4 Å². The van der Waals surface area contributed by atoms with Gasteiger partial charge in [-0.05, 0) is 36.0 Å². The van der Waals surface area contributed by atoms with Crippen LogP contribution >= 0.6 is 12.2 Å². The molecule has 0 fully saturated rings. The van der Waals surface area contributed by atoms with E-state index < -0.39 is 0 Å². The van der Waals surface area contributed by atoms with E-state index in [4.69, 9.17) is 21.7 Å². The van der Waals surface area contributed by atoms with Crippen LogP contribution in [-0.4, -0.2) is 35.3 Å². The minimum atomic E-state index is 0.422. The monoisotopic (exact) mass is 340 g/mol. The average molecular weight is 340 g/mol. The Morgan fingerprint density at radius 2 is 1.83 bits per heavy atom. The van der Waals surface area contributed by atoms with Crippen molar-refractivity contribution in [3.05, 3.63) is 58.9 Å². The maximum absolute atomic E-state index is 5.30. The fraction of sp³-hybridized carbons (Fsp3) is 0.118. The van der Waals surface area contributed by atoms with Gasteiger partial charge in [0.15, 0.2) is 17.3 Å². The molecule has 1 aromatic heterocycles. The average Bonchev–Trinajstić information content (AvgIpc) is 3.01.